The molecule has 0 bridgehead atoms. The first kappa shape index (κ1) is 19.5. The molecule has 0 fully saturated rings. The number of thiophene rings is 1. The summed E-state index contributed by atoms with van der Waals surface area (Å²) in [6.07, 6.45) is 1.91. The fourth-order valence-electron chi connectivity index (χ4n) is 2.29. The molecule has 3 N–H and O–H groups in total. The van der Waals surface area contributed by atoms with E-state index in [9.17, 15) is 14.4 Å². The van der Waals surface area contributed by atoms with Gasteiger partial charge in [-0.1, -0.05) is 32.0 Å². The second kappa shape index (κ2) is 8.48. The lowest BCUT2D eigenvalue weighted by atomic mass is 9.98. The minimum absolute atomic E-state index is 0.0405. The topological polar surface area (TPSA) is 104 Å². The zero-order valence-electron chi connectivity index (χ0n) is 14.7. The second-order valence-corrected chi connectivity index (χ2v) is 8.09. The summed E-state index contributed by atoms with van der Waals surface area (Å²) in [6.45, 7) is 7.62. The quantitative estimate of drug-likeness (QED) is 0.403. The van der Waals surface area contributed by atoms with Crippen molar-refractivity contribution in [2.24, 2.45) is 5.92 Å². The highest BCUT2D eigenvalue weighted by atomic mass is 32.2. The van der Waals surface area contributed by atoms with Gasteiger partial charge in [-0.3, -0.25) is 25.2 Å². The van der Waals surface area contributed by atoms with Gasteiger partial charge in [-0.05, 0) is 24.8 Å². The van der Waals surface area contributed by atoms with Gasteiger partial charge >= 0.3 is 0 Å². The van der Waals surface area contributed by atoms with Gasteiger partial charge < -0.3 is 4.98 Å². The van der Waals surface area contributed by atoms with E-state index in [0.717, 1.165) is 35.0 Å². The van der Waals surface area contributed by atoms with E-state index in [4.69, 9.17) is 0 Å². The molecular weight excluding hydrogens is 360 g/mol. The number of thioether (sulfide) groups is 1. The Morgan fingerprint density at radius 1 is 1.36 bits per heavy atom. The van der Waals surface area contributed by atoms with E-state index >= 15 is 0 Å². The molecule has 0 aliphatic rings. The number of carbonyl (C=O) groups excluding carboxylic acids is 2. The van der Waals surface area contributed by atoms with Crippen molar-refractivity contribution < 1.29 is 9.59 Å². The first-order valence-electron chi connectivity index (χ1n) is 8.02. The van der Waals surface area contributed by atoms with Crippen LogP contribution >= 0.6 is 23.1 Å². The number of nitrogens with zero attached hydrogens (tertiary/aromatic N) is 1. The predicted octanol–water partition coefficient (Wildman–Crippen LogP) is 2.14. The summed E-state index contributed by atoms with van der Waals surface area (Å²) in [4.78, 5) is 43.9. The number of hydrazine groups is 1. The monoisotopic (exact) mass is 382 g/mol. The molecule has 2 rings (SSSR count). The van der Waals surface area contributed by atoms with E-state index in [1.54, 1.807) is 0 Å². The van der Waals surface area contributed by atoms with Gasteiger partial charge in [0.15, 0.2) is 5.16 Å². The third-order valence-corrected chi connectivity index (χ3v) is 5.72. The fraction of sp³-hybridized carbons (Fsp3) is 0.500. The summed E-state index contributed by atoms with van der Waals surface area (Å²) in [5.74, 6) is -0.182. The molecule has 7 nitrogen and oxygen atoms in total. The summed E-state index contributed by atoms with van der Waals surface area (Å²) < 4.78 is 0. The van der Waals surface area contributed by atoms with Gasteiger partial charge in [0.25, 0.3) is 5.56 Å². The van der Waals surface area contributed by atoms with Crippen LogP contribution in [0.5, 0.6) is 0 Å². The summed E-state index contributed by atoms with van der Waals surface area (Å²) in [5, 5.41) is 1.06. The standard InChI is InChI=1S/C16H22N4O3S2/c1-5-8(2)6-11-9(3)25-15-13(11)14(23)17-16(18-15)24-7-12(22)20-19-10(4)21/h8H,5-7H2,1-4H3,(H,19,21)(H,20,22)(H,17,18,23)/t8-/m1/s1. The van der Waals surface area contributed by atoms with Crippen LogP contribution in [0.1, 0.15) is 37.6 Å². The average Bonchev–Trinajstić information content (AvgIpc) is 2.86. The van der Waals surface area contributed by atoms with Crippen LogP contribution in [0, 0.1) is 12.8 Å². The fourth-order valence-corrected chi connectivity index (χ4v) is 4.06. The molecule has 0 saturated heterocycles. The van der Waals surface area contributed by atoms with Gasteiger partial charge in [0.2, 0.25) is 11.8 Å². The first-order valence-corrected chi connectivity index (χ1v) is 9.82. The number of H-pyrrole nitrogens is 1. The van der Waals surface area contributed by atoms with Crippen LogP contribution in [-0.2, 0) is 16.0 Å². The summed E-state index contributed by atoms with van der Waals surface area (Å²) in [6, 6.07) is 0. The number of fused-ring (bicyclic) bond motifs is 1. The van der Waals surface area contributed by atoms with Crippen molar-refractivity contribution in [3.05, 3.63) is 20.8 Å². The van der Waals surface area contributed by atoms with Crippen LogP contribution in [0.3, 0.4) is 0 Å². The molecule has 0 aromatic carbocycles. The van der Waals surface area contributed by atoms with Crippen LogP contribution in [-0.4, -0.2) is 27.5 Å². The first-order chi connectivity index (χ1) is 11.8. The third-order valence-electron chi connectivity index (χ3n) is 3.81. The SMILES string of the molecule is CC[C@@H](C)Cc1c(C)sc2nc(SCC(=O)NNC(C)=O)[nH]c(=O)c12. The lowest BCUT2D eigenvalue weighted by Crippen LogP contribution is -2.41. The molecule has 0 aliphatic heterocycles. The highest BCUT2D eigenvalue weighted by Crippen LogP contribution is 2.30. The summed E-state index contributed by atoms with van der Waals surface area (Å²) in [7, 11) is 0. The Morgan fingerprint density at radius 3 is 2.72 bits per heavy atom. The molecule has 0 unspecified atom stereocenters. The number of amides is 2. The maximum absolute atomic E-state index is 12.5. The number of hydrogen-bond donors (Lipinski definition) is 3. The largest absolute Gasteiger partial charge is 0.301 e. The predicted molar refractivity (Wildman–Crippen MR) is 101 cm³/mol. The van der Waals surface area contributed by atoms with Gasteiger partial charge in [-0.2, -0.15) is 0 Å². The van der Waals surface area contributed by atoms with E-state index in [2.05, 4.69) is 34.7 Å². The summed E-state index contributed by atoms with van der Waals surface area (Å²) in [5.41, 5.74) is 5.39. The Balaban J connectivity index is 2.18. The molecule has 2 amide bonds. The van der Waals surface area contributed by atoms with Crippen molar-refractivity contribution in [1.82, 2.24) is 20.8 Å². The van der Waals surface area contributed by atoms with Crippen LogP contribution in [0.15, 0.2) is 9.95 Å². The zero-order chi connectivity index (χ0) is 18.6. The minimum atomic E-state index is -0.372. The Morgan fingerprint density at radius 2 is 2.08 bits per heavy atom. The van der Waals surface area contributed by atoms with Crippen LogP contribution in [0.2, 0.25) is 0 Å². The maximum Gasteiger partial charge on any atom is 0.260 e. The van der Waals surface area contributed by atoms with Crippen molar-refractivity contribution in [1.29, 1.82) is 0 Å². The number of nitrogens with one attached hydrogen (secondary N) is 3. The molecule has 0 radical (unpaired) electrons. The normalized spacial score (nSPS) is 12.2. The molecule has 9 heteroatoms. The average molecular weight is 383 g/mol. The van der Waals surface area contributed by atoms with E-state index in [-0.39, 0.29) is 23.1 Å². The second-order valence-electron chi connectivity index (χ2n) is 5.92. The Hall–Kier alpha value is -1.87. The van der Waals surface area contributed by atoms with Crippen LogP contribution in [0.4, 0.5) is 0 Å². The third kappa shape index (κ3) is 5.05. The number of aromatic nitrogens is 2. The molecule has 2 heterocycles. The molecule has 0 spiro atoms. The van der Waals surface area contributed by atoms with E-state index in [1.165, 1.54) is 18.3 Å². The Bertz CT molecular complexity index is 844. The lowest BCUT2D eigenvalue weighted by Gasteiger charge is -2.08. The van der Waals surface area contributed by atoms with Gasteiger partial charge in [0.05, 0.1) is 11.1 Å². The summed E-state index contributed by atoms with van der Waals surface area (Å²) >= 11 is 2.63. The maximum atomic E-state index is 12.5. The highest BCUT2D eigenvalue weighted by molar-refractivity contribution is 7.99. The molecule has 0 saturated carbocycles. The molecule has 136 valence electrons. The van der Waals surface area contributed by atoms with Gasteiger partial charge in [0.1, 0.15) is 4.83 Å². The molecular formula is C16H22N4O3S2. The Kier molecular flexibility index (Phi) is 6.60. The van der Waals surface area contributed by atoms with Crippen molar-refractivity contribution in [3.8, 4) is 0 Å². The minimum Gasteiger partial charge on any atom is -0.301 e. The number of carbonyl (C=O) groups is 2. The van der Waals surface area contributed by atoms with E-state index in [1.807, 2.05) is 6.92 Å². The smallest absolute Gasteiger partial charge is 0.260 e. The molecule has 0 aliphatic carbocycles. The van der Waals surface area contributed by atoms with Crippen LogP contribution in [0.25, 0.3) is 10.2 Å². The van der Waals surface area contributed by atoms with Crippen molar-refractivity contribution in [2.75, 3.05) is 5.75 Å². The number of hydrogen-bond acceptors (Lipinski definition) is 6. The highest BCUT2D eigenvalue weighted by Gasteiger charge is 2.17. The number of aryl methyl sites for hydroxylation is 1. The van der Waals surface area contributed by atoms with E-state index in [0.29, 0.717) is 21.3 Å². The van der Waals surface area contributed by atoms with Crippen molar-refractivity contribution in [2.45, 2.75) is 45.7 Å². The number of rotatable bonds is 6. The molecule has 1 atom stereocenters. The molecule has 25 heavy (non-hydrogen) atoms. The van der Waals surface area contributed by atoms with Gasteiger partial charge in [0, 0.05) is 11.8 Å². The van der Waals surface area contributed by atoms with Gasteiger partial charge in [-0.15, -0.1) is 11.3 Å². The Labute approximate surface area is 154 Å². The molecule has 2 aromatic heterocycles. The van der Waals surface area contributed by atoms with Crippen LogP contribution < -0.4 is 16.4 Å². The van der Waals surface area contributed by atoms with Crippen molar-refractivity contribution >= 4 is 45.1 Å². The zero-order valence-corrected chi connectivity index (χ0v) is 16.3. The number of aromatic amines is 1. The van der Waals surface area contributed by atoms with Gasteiger partial charge in [-0.25, -0.2) is 4.98 Å². The lowest BCUT2D eigenvalue weighted by molar-refractivity contribution is -0.126. The van der Waals surface area contributed by atoms with Crippen molar-refractivity contribution in [3.63, 3.8) is 0 Å². The molecule has 2 aromatic rings. The van der Waals surface area contributed by atoms with E-state index < -0.39 is 0 Å².